The van der Waals surface area contributed by atoms with Crippen LogP contribution in [0.3, 0.4) is 0 Å². The van der Waals surface area contributed by atoms with Crippen molar-refractivity contribution in [1.82, 2.24) is 0 Å². The van der Waals surface area contributed by atoms with Crippen molar-refractivity contribution < 1.29 is 0 Å². The molecule has 2 aliphatic carbocycles. The maximum Gasteiger partial charge on any atom is 0.0991 e. The largest absolute Gasteiger partial charge is 0.310 e. The quantitative estimate of drug-likeness (QED) is 0.150. The van der Waals surface area contributed by atoms with Gasteiger partial charge in [0.05, 0.1) is 29.0 Å². The molecule has 0 atom stereocenters. The molecule has 0 saturated heterocycles. The summed E-state index contributed by atoms with van der Waals surface area (Å²) in [5.74, 6) is 0. The first-order chi connectivity index (χ1) is 33.1. The van der Waals surface area contributed by atoms with Crippen molar-refractivity contribution in [3.8, 4) is 45.5 Å². The van der Waals surface area contributed by atoms with E-state index in [1.165, 1.54) is 50.1 Å². The van der Waals surface area contributed by atoms with E-state index in [1.54, 1.807) is 0 Å². The summed E-state index contributed by atoms with van der Waals surface area (Å²) in [6.45, 7) is 9.29. The molecule has 0 aromatic heterocycles. The van der Waals surface area contributed by atoms with Crippen molar-refractivity contribution in [2.75, 3.05) is 9.80 Å². The van der Waals surface area contributed by atoms with Gasteiger partial charge in [0.1, 0.15) is 0 Å². The second-order valence-corrected chi connectivity index (χ2v) is 19.2. The van der Waals surface area contributed by atoms with E-state index in [1.807, 2.05) is 36.4 Å². The molecule has 2 aliphatic rings. The van der Waals surface area contributed by atoms with Gasteiger partial charge in [-0.05, 0) is 151 Å². The van der Waals surface area contributed by atoms with E-state index in [0.29, 0.717) is 11.1 Å². The SMILES string of the molecule is CC1(C)c2ccccc2-c2ccc(N(c3ccc(C#N)cc3)c3ccc(-c4c5ccccc5c(N(c5ccc(C#N)cc5)c5ccc6c(c5)C(C)(C)c5ccccc5-6)c5ccccc45)cc3)cc21. The molecule has 0 spiro atoms. The molecule has 0 radical (unpaired) electrons. The number of nitriles is 2. The van der Waals surface area contributed by atoms with E-state index < -0.39 is 0 Å². The predicted molar refractivity (Wildman–Crippen MR) is 281 cm³/mol. The number of hydrogen-bond acceptors (Lipinski definition) is 4. The number of anilines is 6. The lowest BCUT2D eigenvalue weighted by Crippen LogP contribution is -2.17. The highest BCUT2D eigenvalue weighted by Crippen LogP contribution is 2.54. The van der Waals surface area contributed by atoms with Crippen molar-refractivity contribution >= 4 is 55.7 Å². The molecule has 4 heteroatoms. The van der Waals surface area contributed by atoms with E-state index in [0.717, 1.165) is 61.2 Å². The highest BCUT2D eigenvalue weighted by Gasteiger charge is 2.37. The summed E-state index contributed by atoms with van der Waals surface area (Å²) < 4.78 is 0. The van der Waals surface area contributed by atoms with Crippen molar-refractivity contribution in [2.45, 2.75) is 38.5 Å². The lowest BCUT2D eigenvalue weighted by Gasteiger charge is -2.31. The van der Waals surface area contributed by atoms with Crippen LogP contribution in [0.1, 0.15) is 61.1 Å². The molecule has 0 N–H and O–H groups in total. The van der Waals surface area contributed by atoms with E-state index in [9.17, 15) is 10.5 Å². The van der Waals surface area contributed by atoms with Crippen LogP contribution in [0.2, 0.25) is 0 Å². The first-order valence-electron chi connectivity index (χ1n) is 23.3. The molecular weight excluding hydrogens is 825 g/mol. The number of fused-ring (bicyclic) bond motifs is 8. The Bertz CT molecular complexity index is 3700. The van der Waals surface area contributed by atoms with Crippen LogP contribution in [-0.4, -0.2) is 0 Å². The molecule has 68 heavy (non-hydrogen) atoms. The van der Waals surface area contributed by atoms with Crippen LogP contribution in [-0.2, 0) is 10.8 Å². The van der Waals surface area contributed by atoms with Crippen LogP contribution in [0.4, 0.5) is 34.1 Å². The highest BCUT2D eigenvalue weighted by molar-refractivity contribution is 6.22. The summed E-state index contributed by atoms with van der Waals surface area (Å²) in [6.07, 6.45) is 0. The third-order valence-electron chi connectivity index (χ3n) is 14.7. The van der Waals surface area contributed by atoms with Crippen molar-refractivity contribution in [3.05, 3.63) is 240 Å². The van der Waals surface area contributed by atoms with Gasteiger partial charge in [-0.1, -0.05) is 149 Å². The Labute approximate surface area is 397 Å². The molecule has 10 aromatic rings. The van der Waals surface area contributed by atoms with Gasteiger partial charge in [0.25, 0.3) is 0 Å². The van der Waals surface area contributed by atoms with Crippen LogP contribution >= 0.6 is 0 Å². The van der Waals surface area contributed by atoms with E-state index >= 15 is 0 Å². The second kappa shape index (κ2) is 15.5. The smallest absolute Gasteiger partial charge is 0.0991 e. The van der Waals surface area contributed by atoms with Crippen LogP contribution in [0.15, 0.2) is 206 Å². The third kappa shape index (κ3) is 6.19. The molecule has 10 aromatic carbocycles. The standard InChI is InChI=1S/C64H46N4/c1-63(2)57-19-11-9-13-49(57)51-35-33-47(37-59(51)63)67(44-27-21-41(39-65)22-28-44)45-31-25-43(26-32-45)61-53-15-5-7-17-55(53)62(56-18-8-6-16-54(56)61)68(46-29-23-42(40-66)24-30-46)48-34-36-52-50-14-10-12-20-58(50)64(3,4)60(52)38-48/h5-38H,1-4H3. The molecule has 0 saturated carbocycles. The van der Waals surface area contributed by atoms with E-state index in [4.69, 9.17) is 0 Å². The number of hydrogen-bond donors (Lipinski definition) is 0. The Kier molecular flexibility index (Phi) is 9.27. The fourth-order valence-corrected chi connectivity index (χ4v) is 11.3. The van der Waals surface area contributed by atoms with Gasteiger partial charge in [-0.25, -0.2) is 0 Å². The summed E-state index contributed by atoms with van der Waals surface area (Å²) in [7, 11) is 0. The first kappa shape index (κ1) is 40.8. The Hall–Kier alpha value is -8.70. The van der Waals surface area contributed by atoms with Crippen LogP contribution in [0.5, 0.6) is 0 Å². The lowest BCUT2D eigenvalue weighted by molar-refractivity contribution is 0.660. The molecule has 0 unspecified atom stereocenters. The molecule has 0 bridgehead atoms. The lowest BCUT2D eigenvalue weighted by atomic mass is 9.82. The fraction of sp³-hybridized carbons (Fsp3) is 0.0938. The molecule has 4 nitrogen and oxygen atoms in total. The van der Waals surface area contributed by atoms with Crippen LogP contribution in [0.25, 0.3) is 54.9 Å². The molecule has 0 fully saturated rings. The van der Waals surface area contributed by atoms with E-state index in [-0.39, 0.29) is 10.8 Å². The Morgan fingerprint density at radius 2 is 0.691 bits per heavy atom. The van der Waals surface area contributed by atoms with E-state index in [2.05, 4.69) is 219 Å². The first-order valence-corrected chi connectivity index (χ1v) is 23.3. The maximum absolute atomic E-state index is 9.86. The van der Waals surface area contributed by atoms with Gasteiger partial charge in [0.15, 0.2) is 0 Å². The summed E-state index contributed by atoms with van der Waals surface area (Å²) in [4.78, 5) is 4.69. The number of nitrogens with zero attached hydrogens (tertiary/aromatic N) is 4. The van der Waals surface area contributed by atoms with Crippen LogP contribution in [0, 0.1) is 22.7 Å². The predicted octanol–water partition coefficient (Wildman–Crippen LogP) is 17.0. The molecule has 0 heterocycles. The third-order valence-corrected chi connectivity index (χ3v) is 14.7. The highest BCUT2D eigenvalue weighted by atomic mass is 15.1. The zero-order valence-corrected chi connectivity index (χ0v) is 38.4. The van der Waals surface area contributed by atoms with Crippen molar-refractivity contribution in [3.63, 3.8) is 0 Å². The van der Waals surface area contributed by atoms with Gasteiger partial charge < -0.3 is 9.80 Å². The van der Waals surface area contributed by atoms with Gasteiger partial charge in [-0.2, -0.15) is 10.5 Å². The van der Waals surface area contributed by atoms with Crippen molar-refractivity contribution in [2.24, 2.45) is 0 Å². The van der Waals surface area contributed by atoms with Gasteiger partial charge >= 0.3 is 0 Å². The monoisotopic (exact) mass is 870 g/mol. The number of benzene rings is 10. The summed E-state index contributed by atoms with van der Waals surface area (Å²) in [5.41, 5.74) is 19.8. The van der Waals surface area contributed by atoms with Gasteiger partial charge in [0, 0.05) is 50.0 Å². The average molecular weight is 871 g/mol. The molecule has 0 aliphatic heterocycles. The minimum Gasteiger partial charge on any atom is -0.310 e. The van der Waals surface area contributed by atoms with Gasteiger partial charge in [0.2, 0.25) is 0 Å². The Morgan fingerprint density at radius 1 is 0.338 bits per heavy atom. The van der Waals surface area contributed by atoms with Gasteiger partial charge in [-0.3, -0.25) is 0 Å². The normalized spacial score (nSPS) is 13.5. The Morgan fingerprint density at radius 3 is 1.15 bits per heavy atom. The maximum atomic E-state index is 9.86. The topological polar surface area (TPSA) is 54.1 Å². The minimum atomic E-state index is -0.183. The number of rotatable bonds is 7. The molecular formula is C64H46N4. The molecule has 322 valence electrons. The Balaban J connectivity index is 1.03. The summed E-state index contributed by atoms with van der Waals surface area (Å²) in [5, 5.41) is 24.1. The second-order valence-electron chi connectivity index (χ2n) is 19.2. The molecule has 12 rings (SSSR count). The molecule has 0 amide bonds. The summed E-state index contributed by atoms with van der Waals surface area (Å²) >= 11 is 0. The zero-order valence-electron chi connectivity index (χ0n) is 38.4. The fourth-order valence-electron chi connectivity index (χ4n) is 11.3. The summed E-state index contributed by atoms with van der Waals surface area (Å²) in [6, 6.07) is 78.3. The van der Waals surface area contributed by atoms with Crippen molar-refractivity contribution in [1.29, 1.82) is 10.5 Å². The zero-order chi connectivity index (χ0) is 46.3. The average Bonchev–Trinajstić information content (AvgIpc) is 3.75. The van der Waals surface area contributed by atoms with Crippen LogP contribution < -0.4 is 9.80 Å². The minimum absolute atomic E-state index is 0.158. The van der Waals surface area contributed by atoms with Gasteiger partial charge in [-0.15, -0.1) is 0 Å².